The summed E-state index contributed by atoms with van der Waals surface area (Å²) in [4.78, 5) is 47.7. The van der Waals surface area contributed by atoms with Crippen molar-refractivity contribution in [1.29, 1.82) is 0 Å². The highest BCUT2D eigenvalue weighted by molar-refractivity contribution is 7.99. The smallest absolute Gasteiger partial charge is 0.387 e. The molecule has 3 heterocycles. The fraction of sp³-hybridized carbons (Fsp3) is 0.545. The van der Waals surface area contributed by atoms with E-state index in [1.165, 1.54) is 17.2 Å². The lowest BCUT2D eigenvalue weighted by molar-refractivity contribution is -0.0765. The fourth-order valence-electron chi connectivity index (χ4n) is 2.93. The van der Waals surface area contributed by atoms with Gasteiger partial charge in [-0.05, 0) is 6.26 Å². The van der Waals surface area contributed by atoms with Gasteiger partial charge in [0.15, 0.2) is 11.5 Å². The number of nitrogen functional groups attached to an aromatic ring is 1. The maximum absolute atomic E-state index is 11.9. The first-order valence-corrected chi connectivity index (χ1v) is 14.2. The van der Waals surface area contributed by atoms with Crippen molar-refractivity contribution in [1.82, 2.24) is 19.5 Å². The van der Waals surface area contributed by atoms with Crippen LogP contribution in [0.4, 0.5) is 5.82 Å². The van der Waals surface area contributed by atoms with E-state index in [9.17, 15) is 33.7 Å². The maximum Gasteiger partial charge on any atom is 0.490 e. The molecule has 2 aromatic rings. The third-order valence-electron chi connectivity index (χ3n) is 4.21. The number of phosphoric ester groups is 1. The Bertz CT molecular complexity index is 1180. The minimum atomic E-state index is -5.72. The number of aromatic nitrogens is 4. The second-order valence-electron chi connectivity index (χ2n) is 6.36. The lowest BCUT2D eigenvalue weighted by Gasteiger charge is -2.31. The van der Waals surface area contributed by atoms with Crippen LogP contribution in [0.2, 0.25) is 0 Å². The first-order valence-electron chi connectivity index (χ1n) is 8.42. The molecule has 0 saturated carbocycles. The van der Waals surface area contributed by atoms with Gasteiger partial charge in [-0.2, -0.15) is 8.62 Å². The molecule has 1 fully saturated rings. The zero-order valence-electron chi connectivity index (χ0n) is 16.3. The van der Waals surface area contributed by atoms with E-state index >= 15 is 0 Å². The van der Waals surface area contributed by atoms with Crippen molar-refractivity contribution in [3.8, 4) is 0 Å². The summed E-state index contributed by atoms with van der Waals surface area (Å²) in [6, 6.07) is 0. The first kappa shape index (κ1) is 26.6. The number of aliphatic hydroxyl groups is 2. The molecule has 0 radical (unpaired) electrons. The minimum Gasteiger partial charge on any atom is -0.387 e. The Morgan fingerprint density at radius 2 is 1.82 bits per heavy atom. The molecule has 22 heteroatoms. The van der Waals surface area contributed by atoms with Crippen LogP contribution in [-0.4, -0.2) is 80.5 Å². The largest absolute Gasteiger partial charge is 0.490 e. The van der Waals surface area contributed by atoms with Crippen LogP contribution in [0.1, 0.15) is 0 Å². The monoisotopic (exact) mass is 553 g/mol. The van der Waals surface area contributed by atoms with E-state index in [4.69, 9.17) is 20.3 Å². The Kier molecular flexibility index (Phi) is 7.43. The lowest BCUT2D eigenvalue weighted by atomic mass is 10.1. The number of aliphatic hydroxyl groups excluding tert-OH is 2. The van der Waals surface area contributed by atoms with Crippen molar-refractivity contribution in [2.45, 2.75) is 23.4 Å². The molecule has 0 bridgehead atoms. The Balaban J connectivity index is 1.79. The average molecular weight is 553 g/mol. The number of anilines is 1. The number of ether oxygens (including phenoxy) is 1. The second-order valence-corrected chi connectivity index (χ2v) is 11.8. The molecule has 0 aromatic carbocycles. The van der Waals surface area contributed by atoms with Gasteiger partial charge in [-0.15, -0.1) is 11.8 Å². The number of nitrogens with zero attached hydrogens (tertiary/aromatic N) is 4. The van der Waals surface area contributed by atoms with E-state index in [0.717, 1.165) is 18.1 Å². The molecule has 6 atom stereocenters. The summed E-state index contributed by atoms with van der Waals surface area (Å²) >= 11 is 0.904. The molecule has 186 valence electrons. The van der Waals surface area contributed by atoms with Crippen LogP contribution in [0.25, 0.3) is 11.2 Å². The normalized spacial score (nSPS) is 29.7. The topological polar surface area (TPSA) is 279 Å². The van der Waals surface area contributed by atoms with Crippen LogP contribution < -0.4 is 5.73 Å². The Morgan fingerprint density at radius 3 is 2.42 bits per heavy atom. The molecular formula is C11H18N5O13P3S. The number of rotatable bonds is 9. The first-order chi connectivity index (χ1) is 15.1. The van der Waals surface area contributed by atoms with Gasteiger partial charge in [0.05, 0.1) is 6.61 Å². The SMILES string of the molecule is CS[C@@]1(n2cnc3c(N)ncnc32)O[C@H](COP(=O)(O)OP(=O)(O)OP(=O)(O)O)[C@@H](O)[C@H]1O. The second kappa shape index (κ2) is 9.22. The van der Waals surface area contributed by atoms with E-state index in [1.54, 1.807) is 0 Å². The summed E-state index contributed by atoms with van der Waals surface area (Å²) in [6.45, 7) is -0.978. The third kappa shape index (κ3) is 5.63. The van der Waals surface area contributed by atoms with Crippen molar-refractivity contribution < 1.29 is 61.4 Å². The molecule has 0 aliphatic carbocycles. The summed E-state index contributed by atoms with van der Waals surface area (Å²) in [7, 11) is -16.8. The van der Waals surface area contributed by atoms with Crippen LogP contribution >= 0.6 is 35.2 Å². The van der Waals surface area contributed by atoms with Gasteiger partial charge >= 0.3 is 23.5 Å². The van der Waals surface area contributed by atoms with Crippen molar-refractivity contribution in [3.63, 3.8) is 0 Å². The number of hydrogen-bond donors (Lipinski definition) is 7. The number of hydrogen-bond acceptors (Lipinski definition) is 14. The molecule has 0 amide bonds. The Hall–Kier alpha value is -1.01. The highest BCUT2D eigenvalue weighted by Gasteiger charge is 2.57. The molecule has 18 nitrogen and oxygen atoms in total. The summed E-state index contributed by atoms with van der Waals surface area (Å²) in [5.74, 6) is 0.0345. The third-order valence-corrected chi connectivity index (χ3v) is 9.13. The Labute approximate surface area is 188 Å². The van der Waals surface area contributed by atoms with Crippen molar-refractivity contribution in [3.05, 3.63) is 12.7 Å². The highest BCUT2D eigenvalue weighted by atomic mass is 32.2. The van der Waals surface area contributed by atoms with Gasteiger partial charge in [-0.1, -0.05) is 0 Å². The Morgan fingerprint density at radius 1 is 1.15 bits per heavy atom. The van der Waals surface area contributed by atoms with Crippen molar-refractivity contribution >= 4 is 52.2 Å². The quantitative estimate of drug-likeness (QED) is 0.180. The molecule has 0 spiro atoms. The predicted octanol–water partition coefficient (Wildman–Crippen LogP) is -1.15. The highest BCUT2D eigenvalue weighted by Crippen LogP contribution is 2.66. The van der Waals surface area contributed by atoms with Crippen LogP contribution in [0.5, 0.6) is 0 Å². The van der Waals surface area contributed by atoms with Crippen molar-refractivity contribution in [2.75, 3.05) is 18.6 Å². The molecule has 1 saturated heterocycles. The van der Waals surface area contributed by atoms with Gasteiger partial charge < -0.3 is 40.3 Å². The summed E-state index contributed by atoms with van der Waals surface area (Å²) in [5, 5.41) is 19.4. The summed E-state index contributed by atoms with van der Waals surface area (Å²) in [5.41, 5.74) is 6.05. The molecule has 33 heavy (non-hydrogen) atoms. The van der Waals surface area contributed by atoms with E-state index in [1.807, 2.05) is 0 Å². The summed E-state index contributed by atoms with van der Waals surface area (Å²) in [6.07, 6.45) is -1.04. The molecule has 2 aromatic heterocycles. The number of fused-ring (bicyclic) bond motifs is 1. The zero-order chi connectivity index (χ0) is 24.8. The van der Waals surface area contributed by atoms with Gasteiger partial charge in [0.25, 0.3) is 0 Å². The number of thioether (sulfide) groups is 1. The van der Waals surface area contributed by atoms with E-state index in [0.29, 0.717) is 0 Å². The number of nitrogens with two attached hydrogens (primary N) is 1. The zero-order valence-corrected chi connectivity index (χ0v) is 19.8. The van der Waals surface area contributed by atoms with Crippen LogP contribution in [0.3, 0.4) is 0 Å². The molecule has 1 aliphatic heterocycles. The van der Waals surface area contributed by atoms with E-state index < -0.39 is 53.4 Å². The van der Waals surface area contributed by atoms with Crippen LogP contribution in [-0.2, 0) is 36.6 Å². The van der Waals surface area contributed by atoms with Crippen molar-refractivity contribution in [2.24, 2.45) is 0 Å². The average Bonchev–Trinajstić information content (AvgIpc) is 3.20. The van der Waals surface area contributed by atoms with Gasteiger partial charge in [0.1, 0.15) is 36.5 Å². The summed E-state index contributed by atoms with van der Waals surface area (Å²) < 4.78 is 52.7. The predicted molar refractivity (Wildman–Crippen MR) is 108 cm³/mol. The number of imidazole rings is 1. The van der Waals surface area contributed by atoms with E-state index in [-0.39, 0.29) is 17.0 Å². The van der Waals surface area contributed by atoms with Crippen LogP contribution in [0, 0.1) is 0 Å². The molecule has 8 N–H and O–H groups in total. The van der Waals surface area contributed by atoms with Gasteiger partial charge in [-0.25, -0.2) is 28.6 Å². The minimum absolute atomic E-state index is 0.0345. The standard InChI is InChI=1S/C11H18N5O13P3S/c1-33-11(16-4-15-6-9(12)13-3-14-10(6)16)8(18)7(17)5(27-11)2-26-31(22,23)29-32(24,25)28-30(19,20)21/h3-5,7-8,17-18H,2H2,1H3,(H,22,23)(H,24,25)(H2,12,13,14)(H2,19,20,21)/t5-,7-,8-,11+/m1/s1. The van der Waals surface area contributed by atoms with E-state index in [2.05, 4.69) is 28.1 Å². The molecule has 1 aliphatic rings. The van der Waals surface area contributed by atoms with Gasteiger partial charge in [0, 0.05) is 0 Å². The van der Waals surface area contributed by atoms with Gasteiger partial charge in [0.2, 0.25) is 5.06 Å². The molecule has 2 unspecified atom stereocenters. The number of phosphoric acid groups is 3. The van der Waals surface area contributed by atoms with Crippen LogP contribution in [0.15, 0.2) is 12.7 Å². The molecular weight excluding hydrogens is 535 g/mol. The maximum atomic E-state index is 11.9. The lowest BCUT2D eigenvalue weighted by Crippen LogP contribution is -2.42. The molecule has 3 rings (SSSR count). The van der Waals surface area contributed by atoms with Gasteiger partial charge in [-0.3, -0.25) is 9.09 Å². The fourth-order valence-corrected chi connectivity index (χ4v) is 6.89.